The number of benzene rings is 1. The average Bonchev–Trinajstić information content (AvgIpc) is 2.17. The molecule has 94 valence electrons. The Kier molecular flexibility index (Phi) is 3.97. The molecular weight excluding hydrogens is 305 g/mol. The molecule has 0 bridgehead atoms. The first-order chi connectivity index (χ1) is 7.70. The zero-order valence-electron chi connectivity index (χ0n) is 8.64. The van der Waals surface area contributed by atoms with Gasteiger partial charge >= 0.3 is 6.18 Å². The minimum Gasteiger partial charge on any atom is -0.376 e. The minimum atomic E-state index is -4.34. The number of hydrogen-bond acceptors (Lipinski definition) is 3. The van der Waals surface area contributed by atoms with Crippen LogP contribution in [0.5, 0.6) is 0 Å². The monoisotopic (exact) mass is 312 g/mol. The second-order valence-electron chi connectivity index (χ2n) is 3.34. The summed E-state index contributed by atoms with van der Waals surface area (Å²) in [6.07, 6.45) is -4.34. The summed E-state index contributed by atoms with van der Waals surface area (Å²) in [5, 5.41) is 12.8. The van der Waals surface area contributed by atoms with Crippen molar-refractivity contribution in [1.29, 1.82) is 0 Å². The van der Waals surface area contributed by atoms with Crippen LogP contribution in [0, 0.1) is 17.0 Å². The van der Waals surface area contributed by atoms with Crippen molar-refractivity contribution < 1.29 is 18.1 Å². The maximum Gasteiger partial charge on any atom is 0.405 e. The highest BCUT2D eigenvalue weighted by molar-refractivity contribution is 9.10. The van der Waals surface area contributed by atoms with Gasteiger partial charge in [0.15, 0.2) is 0 Å². The fourth-order valence-corrected chi connectivity index (χ4v) is 1.67. The Hall–Kier alpha value is -1.31. The van der Waals surface area contributed by atoms with Crippen LogP contribution in [0.15, 0.2) is 16.6 Å². The van der Waals surface area contributed by atoms with Crippen LogP contribution in [0.3, 0.4) is 0 Å². The molecule has 0 radical (unpaired) electrons. The standard InChI is InChI=1S/C9H8BrF3N2O2/c1-5-2-7(14-4-9(11,12)13)6(10)3-8(5)15(16)17/h2-3,14H,4H2,1H3. The van der Waals surface area contributed by atoms with Gasteiger partial charge in [-0.05, 0) is 28.9 Å². The molecule has 0 amide bonds. The molecule has 1 aromatic rings. The maximum atomic E-state index is 12.0. The number of nitro groups is 1. The van der Waals surface area contributed by atoms with Gasteiger partial charge in [0.25, 0.3) is 5.69 Å². The van der Waals surface area contributed by atoms with Crippen molar-refractivity contribution in [2.24, 2.45) is 0 Å². The molecule has 0 saturated carbocycles. The van der Waals surface area contributed by atoms with Crippen molar-refractivity contribution in [1.82, 2.24) is 0 Å². The second kappa shape index (κ2) is 4.91. The third kappa shape index (κ3) is 3.88. The van der Waals surface area contributed by atoms with Crippen molar-refractivity contribution in [3.8, 4) is 0 Å². The van der Waals surface area contributed by atoms with Crippen LogP contribution in [-0.4, -0.2) is 17.6 Å². The van der Waals surface area contributed by atoms with E-state index in [0.29, 0.717) is 5.56 Å². The van der Waals surface area contributed by atoms with Gasteiger partial charge in [-0.15, -0.1) is 0 Å². The van der Waals surface area contributed by atoms with Crippen molar-refractivity contribution in [3.05, 3.63) is 32.3 Å². The summed E-state index contributed by atoms with van der Waals surface area (Å²) in [6.45, 7) is 0.270. The Labute approximate surface area is 103 Å². The third-order valence-electron chi connectivity index (χ3n) is 1.96. The smallest absolute Gasteiger partial charge is 0.376 e. The van der Waals surface area contributed by atoms with E-state index in [-0.39, 0.29) is 15.8 Å². The largest absolute Gasteiger partial charge is 0.405 e. The lowest BCUT2D eigenvalue weighted by atomic mass is 10.2. The molecule has 0 aliphatic carbocycles. The normalized spacial score (nSPS) is 11.4. The molecule has 0 atom stereocenters. The number of aryl methyl sites for hydroxylation is 1. The van der Waals surface area contributed by atoms with Crippen LogP contribution in [-0.2, 0) is 0 Å². The molecule has 4 nitrogen and oxygen atoms in total. The average molecular weight is 313 g/mol. The van der Waals surface area contributed by atoms with Gasteiger partial charge in [0.05, 0.1) is 4.92 Å². The van der Waals surface area contributed by atoms with E-state index in [1.54, 1.807) is 0 Å². The van der Waals surface area contributed by atoms with Crippen molar-refractivity contribution in [2.45, 2.75) is 13.1 Å². The van der Waals surface area contributed by atoms with Gasteiger partial charge < -0.3 is 5.32 Å². The minimum absolute atomic E-state index is 0.144. The predicted molar refractivity (Wildman–Crippen MR) is 60.1 cm³/mol. The first-order valence-electron chi connectivity index (χ1n) is 4.46. The maximum absolute atomic E-state index is 12.0. The lowest BCUT2D eigenvalue weighted by Gasteiger charge is -2.11. The quantitative estimate of drug-likeness (QED) is 0.685. The Balaban J connectivity index is 2.96. The van der Waals surface area contributed by atoms with Gasteiger partial charge in [-0.2, -0.15) is 13.2 Å². The molecule has 0 unspecified atom stereocenters. The van der Waals surface area contributed by atoms with Crippen LogP contribution in [0.1, 0.15) is 5.56 Å². The van der Waals surface area contributed by atoms with E-state index in [2.05, 4.69) is 21.2 Å². The first kappa shape index (κ1) is 13.8. The molecule has 0 spiro atoms. The zero-order valence-corrected chi connectivity index (χ0v) is 10.2. The van der Waals surface area contributed by atoms with Crippen molar-refractivity contribution in [3.63, 3.8) is 0 Å². The van der Waals surface area contributed by atoms with E-state index in [1.807, 2.05) is 0 Å². The number of nitrogens with zero attached hydrogens (tertiary/aromatic N) is 1. The Morgan fingerprint density at radius 2 is 2.06 bits per heavy atom. The highest BCUT2D eigenvalue weighted by Gasteiger charge is 2.27. The number of nitrogens with one attached hydrogen (secondary N) is 1. The summed E-state index contributed by atoms with van der Waals surface area (Å²) in [4.78, 5) is 10.00. The summed E-state index contributed by atoms with van der Waals surface area (Å²) in [7, 11) is 0. The summed E-state index contributed by atoms with van der Waals surface area (Å²) in [5.41, 5.74) is 0.322. The van der Waals surface area contributed by atoms with Crippen molar-refractivity contribution in [2.75, 3.05) is 11.9 Å². The van der Waals surface area contributed by atoms with Gasteiger partial charge in [-0.1, -0.05) is 0 Å². The molecule has 1 aromatic carbocycles. The molecule has 0 saturated heterocycles. The Morgan fingerprint density at radius 1 is 1.47 bits per heavy atom. The summed E-state index contributed by atoms with van der Waals surface area (Å²) >= 11 is 2.98. The molecule has 8 heteroatoms. The highest BCUT2D eigenvalue weighted by atomic mass is 79.9. The Morgan fingerprint density at radius 3 is 2.53 bits per heavy atom. The first-order valence-corrected chi connectivity index (χ1v) is 5.25. The summed E-state index contributed by atoms with van der Waals surface area (Å²) in [5.74, 6) is 0. The number of rotatable bonds is 3. The SMILES string of the molecule is Cc1cc(NCC(F)(F)F)c(Br)cc1[N+](=O)[O-]. The fourth-order valence-electron chi connectivity index (χ4n) is 1.20. The van der Waals surface area contributed by atoms with Crippen LogP contribution >= 0.6 is 15.9 Å². The number of halogens is 4. The van der Waals surface area contributed by atoms with E-state index >= 15 is 0 Å². The van der Waals surface area contributed by atoms with E-state index in [1.165, 1.54) is 19.1 Å². The predicted octanol–water partition coefficient (Wildman–Crippen LogP) is 3.64. The van der Waals surface area contributed by atoms with Crippen LogP contribution in [0.4, 0.5) is 24.5 Å². The number of nitro benzene ring substituents is 1. The lowest BCUT2D eigenvalue weighted by Crippen LogP contribution is -2.21. The topological polar surface area (TPSA) is 55.2 Å². The molecule has 1 rings (SSSR count). The number of alkyl halides is 3. The molecule has 0 heterocycles. The van der Waals surface area contributed by atoms with E-state index in [9.17, 15) is 23.3 Å². The van der Waals surface area contributed by atoms with Gasteiger partial charge in [0, 0.05) is 21.8 Å². The Bertz CT molecular complexity index is 449. The van der Waals surface area contributed by atoms with Crippen LogP contribution in [0.25, 0.3) is 0 Å². The van der Waals surface area contributed by atoms with Gasteiger partial charge in [-0.25, -0.2) is 0 Å². The fraction of sp³-hybridized carbons (Fsp3) is 0.333. The van der Waals surface area contributed by atoms with E-state index < -0.39 is 17.6 Å². The van der Waals surface area contributed by atoms with Crippen LogP contribution < -0.4 is 5.32 Å². The molecule has 0 aromatic heterocycles. The summed E-state index contributed by atoms with van der Waals surface area (Å²) in [6, 6.07) is 2.47. The third-order valence-corrected chi connectivity index (χ3v) is 2.62. The number of anilines is 1. The molecule has 0 aliphatic rings. The number of hydrogen-bond donors (Lipinski definition) is 1. The lowest BCUT2D eigenvalue weighted by molar-refractivity contribution is -0.385. The molecular formula is C9H8BrF3N2O2. The highest BCUT2D eigenvalue weighted by Crippen LogP contribution is 2.31. The van der Waals surface area contributed by atoms with Crippen LogP contribution in [0.2, 0.25) is 0 Å². The molecule has 0 aliphatic heterocycles. The molecule has 0 fully saturated rings. The zero-order chi connectivity index (χ0) is 13.2. The van der Waals surface area contributed by atoms with Gasteiger partial charge in [-0.3, -0.25) is 10.1 Å². The van der Waals surface area contributed by atoms with Gasteiger partial charge in [0.2, 0.25) is 0 Å². The van der Waals surface area contributed by atoms with E-state index in [0.717, 1.165) is 0 Å². The van der Waals surface area contributed by atoms with Crippen molar-refractivity contribution >= 4 is 27.3 Å². The molecule has 1 N–H and O–H groups in total. The summed E-state index contributed by atoms with van der Waals surface area (Å²) < 4.78 is 36.2. The van der Waals surface area contributed by atoms with E-state index in [4.69, 9.17) is 0 Å². The molecule has 17 heavy (non-hydrogen) atoms. The second-order valence-corrected chi connectivity index (χ2v) is 4.20. The van der Waals surface area contributed by atoms with Gasteiger partial charge in [0.1, 0.15) is 6.54 Å².